The van der Waals surface area contributed by atoms with E-state index in [2.05, 4.69) is 28.3 Å². The molecule has 3 heterocycles. The Balaban J connectivity index is 1.20. The third-order valence-corrected chi connectivity index (χ3v) is 11.3. The maximum absolute atomic E-state index is 14.2. The molecule has 3 amide bonds. The fraction of sp³-hybridized carbons (Fsp3) is 0.639. The van der Waals surface area contributed by atoms with Gasteiger partial charge in [-0.15, -0.1) is 0 Å². The molecule has 6 rings (SSSR count). The topological polar surface area (TPSA) is 191 Å². The van der Waals surface area contributed by atoms with Gasteiger partial charge in [0.25, 0.3) is 0 Å². The van der Waals surface area contributed by atoms with E-state index in [9.17, 15) is 19.2 Å². The van der Waals surface area contributed by atoms with Crippen LogP contribution in [-0.4, -0.2) is 123 Å². The number of Topliss-reactive ketones (excluding diaryl/α,β-unsaturated/α-hetero) is 1. The number of allylic oxidation sites excluding steroid dienone is 1. The molecule has 5 aliphatic rings. The van der Waals surface area contributed by atoms with Crippen LogP contribution in [0.5, 0.6) is 11.5 Å². The van der Waals surface area contributed by atoms with Gasteiger partial charge in [-0.3, -0.25) is 14.7 Å². The Morgan fingerprint density at radius 1 is 1.16 bits per heavy atom. The number of benzene rings is 1. The summed E-state index contributed by atoms with van der Waals surface area (Å²) in [6.07, 6.45) is 3.93. The minimum absolute atomic E-state index is 0.0377. The molecule has 0 aromatic heterocycles. The van der Waals surface area contributed by atoms with Crippen LogP contribution >= 0.6 is 0 Å². The number of likely N-dealkylation sites (N-methyl/N-ethyl adjacent to an activating group) is 1. The third-order valence-electron chi connectivity index (χ3n) is 11.3. The lowest BCUT2D eigenvalue weighted by atomic mass is 9.53. The number of ether oxygens (including phenoxy) is 4. The van der Waals surface area contributed by atoms with E-state index < -0.39 is 30.3 Å². The van der Waals surface area contributed by atoms with Crippen molar-refractivity contribution < 1.29 is 38.1 Å². The second-order valence-electron chi connectivity index (χ2n) is 14.3. The fourth-order valence-electron chi connectivity index (χ4n) is 8.96. The van der Waals surface area contributed by atoms with Crippen LogP contribution in [0.2, 0.25) is 0 Å². The lowest BCUT2D eigenvalue weighted by molar-refractivity contribution is -0.129. The van der Waals surface area contributed by atoms with Crippen LogP contribution in [-0.2, 0) is 30.9 Å². The maximum atomic E-state index is 14.2. The summed E-state index contributed by atoms with van der Waals surface area (Å²) in [5, 5.41) is 2.94. The van der Waals surface area contributed by atoms with Gasteiger partial charge in [0.15, 0.2) is 23.6 Å². The molecule has 2 fully saturated rings. The summed E-state index contributed by atoms with van der Waals surface area (Å²) in [4.78, 5) is 61.8. The zero-order valence-corrected chi connectivity index (χ0v) is 30.0. The van der Waals surface area contributed by atoms with E-state index in [1.54, 1.807) is 18.9 Å². The SMILES string of the molecule is CCOC(=O)N1CCN(C(=O)OC2=CCC3[C@H]4Cc5ccc(OC)c6c5[C@@]3(CCN4C)C2O6)C(CNC(=O)[C@H](CCCN=C(N)N)CC(C)=O)C1. The summed E-state index contributed by atoms with van der Waals surface area (Å²) < 4.78 is 24.0. The number of carbonyl (C=O) groups excluding carboxylic acids is 4. The molecule has 1 spiro atoms. The van der Waals surface area contributed by atoms with E-state index in [1.165, 1.54) is 23.0 Å². The van der Waals surface area contributed by atoms with Crippen LogP contribution in [0.15, 0.2) is 29.0 Å². The average molecular weight is 710 g/mol. The van der Waals surface area contributed by atoms with Crippen molar-refractivity contribution in [2.75, 3.05) is 60.0 Å². The van der Waals surface area contributed by atoms with Crippen molar-refractivity contribution in [2.45, 2.75) is 76.0 Å². The number of nitrogens with zero attached hydrogens (tertiary/aromatic N) is 4. The number of guanidine groups is 1. The van der Waals surface area contributed by atoms with Gasteiger partial charge >= 0.3 is 12.2 Å². The highest BCUT2D eigenvalue weighted by atomic mass is 16.6. The molecular weight excluding hydrogens is 658 g/mol. The lowest BCUT2D eigenvalue weighted by Crippen LogP contribution is -2.64. The number of ketones is 1. The number of amides is 3. The minimum atomic E-state index is -0.620. The van der Waals surface area contributed by atoms with Crippen molar-refractivity contribution >= 4 is 29.8 Å². The van der Waals surface area contributed by atoms with E-state index >= 15 is 0 Å². The zero-order valence-electron chi connectivity index (χ0n) is 30.0. The number of aliphatic imine (C=N–C) groups is 1. The predicted octanol–water partition coefficient (Wildman–Crippen LogP) is 1.90. The highest BCUT2D eigenvalue weighted by Gasteiger charge is 2.65. The number of nitrogens with one attached hydrogen (secondary N) is 1. The van der Waals surface area contributed by atoms with E-state index in [0.29, 0.717) is 42.9 Å². The van der Waals surface area contributed by atoms with Crippen molar-refractivity contribution in [1.29, 1.82) is 0 Å². The van der Waals surface area contributed by atoms with Gasteiger partial charge in [0.1, 0.15) is 11.5 Å². The number of piperidine rings is 1. The minimum Gasteiger partial charge on any atom is -0.493 e. The molecule has 278 valence electrons. The van der Waals surface area contributed by atoms with E-state index in [4.69, 9.17) is 30.4 Å². The predicted molar refractivity (Wildman–Crippen MR) is 187 cm³/mol. The van der Waals surface area contributed by atoms with Crippen LogP contribution < -0.4 is 26.3 Å². The molecule has 0 radical (unpaired) electrons. The van der Waals surface area contributed by atoms with Crippen LogP contribution in [0.25, 0.3) is 0 Å². The van der Waals surface area contributed by atoms with Crippen LogP contribution in [0.4, 0.5) is 9.59 Å². The number of carbonyl (C=O) groups is 4. The summed E-state index contributed by atoms with van der Waals surface area (Å²) in [6, 6.07) is 3.82. The van der Waals surface area contributed by atoms with E-state index in [1.807, 2.05) is 12.1 Å². The Morgan fingerprint density at radius 2 is 1.96 bits per heavy atom. The van der Waals surface area contributed by atoms with Gasteiger partial charge in [-0.1, -0.05) is 6.07 Å². The molecule has 0 saturated carbocycles. The number of methoxy groups -OCH3 is 1. The monoisotopic (exact) mass is 709 g/mol. The van der Waals surface area contributed by atoms with Crippen molar-refractivity contribution in [1.82, 2.24) is 20.0 Å². The van der Waals surface area contributed by atoms with Gasteiger partial charge in [-0.05, 0) is 83.2 Å². The van der Waals surface area contributed by atoms with Crippen molar-refractivity contribution in [3.8, 4) is 11.5 Å². The lowest BCUT2D eigenvalue weighted by Gasteiger charge is -2.56. The van der Waals surface area contributed by atoms with Crippen molar-refractivity contribution in [3.63, 3.8) is 0 Å². The summed E-state index contributed by atoms with van der Waals surface area (Å²) in [5.41, 5.74) is 12.9. The maximum Gasteiger partial charge on any atom is 0.415 e. The summed E-state index contributed by atoms with van der Waals surface area (Å²) >= 11 is 0. The Hall–Kier alpha value is -4.53. The molecule has 2 bridgehead atoms. The first-order chi connectivity index (χ1) is 24.5. The fourth-order valence-corrected chi connectivity index (χ4v) is 8.96. The molecule has 1 aromatic carbocycles. The Labute approximate surface area is 298 Å². The molecule has 2 saturated heterocycles. The first-order valence-electron chi connectivity index (χ1n) is 18.0. The first kappa shape index (κ1) is 36.3. The molecular formula is C36H51N7O8. The van der Waals surface area contributed by atoms with E-state index in [-0.39, 0.29) is 62.3 Å². The van der Waals surface area contributed by atoms with Crippen LogP contribution in [0, 0.1) is 11.8 Å². The second-order valence-corrected chi connectivity index (χ2v) is 14.3. The average Bonchev–Trinajstić information content (AvgIpc) is 3.46. The molecule has 3 aliphatic heterocycles. The van der Waals surface area contributed by atoms with Gasteiger partial charge < -0.3 is 50.3 Å². The number of piperazine rings is 1. The smallest absolute Gasteiger partial charge is 0.415 e. The number of likely N-dealkylation sites (tertiary alicyclic amines) is 1. The van der Waals surface area contributed by atoms with Gasteiger partial charge in [0.2, 0.25) is 5.91 Å². The molecule has 2 aliphatic carbocycles. The largest absolute Gasteiger partial charge is 0.493 e. The number of nitrogens with two attached hydrogens (primary N) is 2. The molecule has 1 aromatic rings. The normalized spacial score (nSPS) is 26.5. The van der Waals surface area contributed by atoms with Gasteiger partial charge in [-0.25, -0.2) is 9.59 Å². The summed E-state index contributed by atoms with van der Waals surface area (Å²) in [5.74, 6) is 1.09. The Bertz CT molecular complexity index is 1590. The van der Waals surface area contributed by atoms with Crippen molar-refractivity contribution in [3.05, 3.63) is 35.1 Å². The summed E-state index contributed by atoms with van der Waals surface area (Å²) in [6.45, 7) is 5.18. The van der Waals surface area contributed by atoms with Gasteiger partial charge in [-0.2, -0.15) is 0 Å². The number of hydrogen-bond donors (Lipinski definition) is 3. The quantitative estimate of drug-likeness (QED) is 0.163. The molecule has 15 nitrogen and oxygen atoms in total. The Kier molecular flexibility index (Phi) is 10.7. The summed E-state index contributed by atoms with van der Waals surface area (Å²) in [7, 11) is 3.82. The molecule has 3 unspecified atom stereocenters. The molecule has 51 heavy (non-hydrogen) atoms. The number of hydrogen-bond acceptors (Lipinski definition) is 10. The third kappa shape index (κ3) is 6.91. The molecule has 15 heteroatoms. The first-order valence-corrected chi connectivity index (χ1v) is 18.0. The molecule has 6 atom stereocenters. The van der Waals surface area contributed by atoms with Crippen LogP contribution in [0.1, 0.15) is 57.1 Å². The highest BCUT2D eigenvalue weighted by molar-refractivity contribution is 5.85. The van der Waals surface area contributed by atoms with Crippen molar-refractivity contribution in [2.24, 2.45) is 28.3 Å². The highest BCUT2D eigenvalue weighted by Crippen LogP contribution is 2.63. The standard InChI is InChI=1S/C36H51N7O8/c1-5-49-34(46)42-15-16-43(24(20-42)19-40-32(45)23(17-21(2)44)7-6-13-39-33(37)38)35(47)50-28-11-9-25-26-18-22-8-10-27(48-4)30-29(22)36(25,31(28)51-30)12-14-41(26)3/h8,10-11,23-26,31H,5-7,9,12-20H2,1-4H3,(H,40,45)(H4,37,38,39)/t23-,24?,25?,26-,31?,36+/m1/s1. The second kappa shape index (κ2) is 15.0. The number of rotatable bonds is 12. The van der Waals surface area contributed by atoms with Gasteiger partial charge in [0.05, 0.1) is 19.8 Å². The van der Waals surface area contributed by atoms with Gasteiger partial charge in [0, 0.05) is 62.1 Å². The van der Waals surface area contributed by atoms with E-state index in [0.717, 1.165) is 31.6 Å². The van der Waals surface area contributed by atoms with Crippen LogP contribution in [0.3, 0.4) is 0 Å². The Morgan fingerprint density at radius 3 is 2.69 bits per heavy atom. The zero-order chi connectivity index (χ0) is 36.4. The molecule has 5 N–H and O–H groups in total.